The van der Waals surface area contributed by atoms with Gasteiger partial charge >= 0.3 is 0 Å². The fraction of sp³-hybridized carbons (Fsp3) is 0.286. The predicted molar refractivity (Wildman–Crippen MR) is 45.8 cm³/mol. The van der Waals surface area contributed by atoms with Crippen molar-refractivity contribution in [1.29, 1.82) is 0 Å². The predicted octanol–water partition coefficient (Wildman–Crippen LogP) is -0.158. The quantitative estimate of drug-likeness (QED) is 0.610. The Labute approximate surface area is 70.0 Å². The monoisotopic (exact) mass is 166 g/mol. The Kier molecular flexibility index (Phi) is 2.57. The SMILES string of the molecule is CNc1ncnc(N)c1CC=O. The summed E-state index contributed by atoms with van der Waals surface area (Å²) in [7, 11) is 1.72. The van der Waals surface area contributed by atoms with Crippen LogP contribution < -0.4 is 11.1 Å². The van der Waals surface area contributed by atoms with Gasteiger partial charge in [0.15, 0.2) is 0 Å². The third kappa shape index (κ3) is 1.50. The second-order valence-corrected chi connectivity index (χ2v) is 2.21. The number of hydrogen-bond acceptors (Lipinski definition) is 5. The van der Waals surface area contributed by atoms with Gasteiger partial charge in [-0.3, -0.25) is 0 Å². The third-order valence-corrected chi connectivity index (χ3v) is 1.50. The Bertz CT molecular complexity index is 287. The van der Waals surface area contributed by atoms with Crippen LogP contribution in [0.15, 0.2) is 6.33 Å². The first-order valence-corrected chi connectivity index (χ1v) is 3.50. The third-order valence-electron chi connectivity index (χ3n) is 1.50. The molecule has 0 bridgehead atoms. The topological polar surface area (TPSA) is 80.9 Å². The number of aldehydes is 1. The van der Waals surface area contributed by atoms with E-state index in [4.69, 9.17) is 5.73 Å². The molecule has 0 saturated heterocycles. The van der Waals surface area contributed by atoms with Gasteiger partial charge in [-0.1, -0.05) is 0 Å². The second kappa shape index (κ2) is 3.66. The normalized spacial score (nSPS) is 9.42. The summed E-state index contributed by atoms with van der Waals surface area (Å²) < 4.78 is 0. The number of nitrogens with two attached hydrogens (primary N) is 1. The maximum absolute atomic E-state index is 10.3. The number of nitrogens with zero attached hydrogens (tertiary/aromatic N) is 2. The van der Waals surface area contributed by atoms with Crippen molar-refractivity contribution in [2.24, 2.45) is 0 Å². The van der Waals surface area contributed by atoms with Crippen molar-refractivity contribution in [3.05, 3.63) is 11.9 Å². The van der Waals surface area contributed by atoms with Gasteiger partial charge in [-0.15, -0.1) is 0 Å². The Balaban J connectivity index is 3.10. The highest BCUT2D eigenvalue weighted by atomic mass is 16.1. The molecule has 1 rings (SSSR count). The van der Waals surface area contributed by atoms with E-state index in [-0.39, 0.29) is 6.42 Å². The zero-order valence-corrected chi connectivity index (χ0v) is 6.74. The van der Waals surface area contributed by atoms with E-state index in [1.54, 1.807) is 7.05 Å². The minimum absolute atomic E-state index is 0.239. The molecule has 0 saturated carbocycles. The molecule has 0 amide bonds. The van der Waals surface area contributed by atoms with Crippen molar-refractivity contribution >= 4 is 17.9 Å². The summed E-state index contributed by atoms with van der Waals surface area (Å²) in [6, 6.07) is 0. The van der Waals surface area contributed by atoms with E-state index in [1.165, 1.54) is 6.33 Å². The van der Waals surface area contributed by atoms with Gasteiger partial charge < -0.3 is 15.8 Å². The van der Waals surface area contributed by atoms with Gasteiger partial charge in [-0.2, -0.15) is 0 Å². The number of aromatic nitrogens is 2. The molecule has 5 nitrogen and oxygen atoms in total. The van der Waals surface area contributed by atoms with E-state index in [0.717, 1.165) is 6.29 Å². The van der Waals surface area contributed by atoms with Gasteiger partial charge in [0.1, 0.15) is 24.2 Å². The van der Waals surface area contributed by atoms with E-state index in [9.17, 15) is 4.79 Å². The highest BCUT2D eigenvalue weighted by molar-refractivity contribution is 5.65. The van der Waals surface area contributed by atoms with E-state index < -0.39 is 0 Å². The van der Waals surface area contributed by atoms with Gasteiger partial charge in [0.25, 0.3) is 0 Å². The molecule has 0 aliphatic carbocycles. The molecule has 1 aromatic rings. The van der Waals surface area contributed by atoms with Crippen LogP contribution in [0.3, 0.4) is 0 Å². The Morgan fingerprint density at radius 1 is 1.67 bits per heavy atom. The summed E-state index contributed by atoms with van der Waals surface area (Å²) in [5.41, 5.74) is 6.18. The highest BCUT2D eigenvalue weighted by Gasteiger charge is 2.05. The van der Waals surface area contributed by atoms with Crippen LogP contribution in [0.1, 0.15) is 5.56 Å². The molecule has 64 valence electrons. The van der Waals surface area contributed by atoms with Crippen LogP contribution in [0.4, 0.5) is 11.6 Å². The van der Waals surface area contributed by atoms with E-state index in [0.29, 0.717) is 17.2 Å². The first-order chi connectivity index (χ1) is 5.79. The molecule has 1 aromatic heterocycles. The number of carbonyl (C=O) groups is 1. The lowest BCUT2D eigenvalue weighted by molar-refractivity contribution is -0.107. The van der Waals surface area contributed by atoms with Crippen molar-refractivity contribution in [2.45, 2.75) is 6.42 Å². The van der Waals surface area contributed by atoms with Crippen LogP contribution in [0.2, 0.25) is 0 Å². The van der Waals surface area contributed by atoms with Gasteiger partial charge in [0.2, 0.25) is 0 Å². The first-order valence-electron chi connectivity index (χ1n) is 3.50. The van der Waals surface area contributed by atoms with Crippen molar-refractivity contribution in [1.82, 2.24) is 9.97 Å². The Morgan fingerprint density at radius 3 is 3.00 bits per heavy atom. The minimum Gasteiger partial charge on any atom is -0.383 e. The Morgan fingerprint density at radius 2 is 2.42 bits per heavy atom. The van der Waals surface area contributed by atoms with E-state index in [2.05, 4.69) is 15.3 Å². The van der Waals surface area contributed by atoms with Gasteiger partial charge in [0.05, 0.1) is 0 Å². The van der Waals surface area contributed by atoms with Gasteiger partial charge in [0, 0.05) is 19.0 Å². The van der Waals surface area contributed by atoms with Crippen LogP contribution in [0, 0.1) is 0 Å². The lowest BCUT2D eigenvalue weighted by Crippen LogP contribution is -2.05. The number of hydrogen-bond donors (Lipinski definition) is 2. The number of carbonyl (C=O) groups excluding carboxylic acids is 1. The number of anilines is 2. The molecule has 3 N–H and O–H groups in total. The summed E-state index contributed by atoms with van der Waals surface area (Å²) in [6.45, 7) is 0. The zero-order valence-electron chi connectivity index (χ0n) is 6.74. The molecule has 0 aromatic carbocycles. The molecule has 0 aliphatic rings. The summed E-state index contributed by atoms with van der Waals surface area (Å²) in [5.74, 6) is 0.955. The molecule has 0 radical (unpaired) electrons. The first kappa shape index (κ1) is 8.45. The lowest BCUT2D eigenvalue weighted by Gasteiger charge is -2.05. The van der Waals surface area contributed by atoms with Crippen molar-refractivity contribution in [3.8, 4) is 0 Å². The van der Waals surface area contributed by atoms with Crippen LogP contribution in [0.25, 0.3) is 0 Å². The van der Waals surface area contributed by atoms with Crippen LogP contribution >= 0.6 is 0 Å². The molecule has 1 heterocycles. The lowest BCUT2D eigenvalue weighted by atomic mass is 10.2. The molecule has 0 unspecified atom stereocenters. The smallest absolute Gasteiger partial charge is 0.134 e. The fourth-order valence-corrected chi connectivity index (χ4v) is 0.926. The van der Waals surface area contributed by atoms with Crippen molar-refractivity contribution in [2.75, 3.05) is 18.1 Å². The molecular weight excluding hydrogens is 156 g/mol. The molecule has 0 atom stereocenters. The number of rotatable bonds is 3. The average Bonchev–Trinajstić information content (AvgIpc) is 2.09. The van der Waals surface area contributed by atoms with E-state index in [1.807, 2.05) is 0 Å². The van der Waals surface area contributed by atoms with Gasteiger partial charge in [-0.05, 0) is 0 Å². The maximum Gasteiger partial charge on any atom is 0.134 e. The molecule has 0 aliphatic heterocycles. The molecule has 5 heteroatoms. The van der Waals surface area contributed by atoms with E-state index >= 15 is 0 Å². The van der Waals surface area contributed by atoms with Crippen molar-refractivity contribution in [3.63, 3.8) is 0 Å². The zero-order chi connectivity index (χ0) is 8.97. The number of nitrogen functional groups attached to an aromatic ring is 1. The van der Waals surface area contributed by atoms with Gasteiger partial charge in [-0.25, -0.2) is 9.97 Å². The average molecular weight is 166 g/mol. The Hall–Kier alpha value is -1.65. The summed E-state index contributed by atoms with van der Waals surface area (Å²) in [6.07, 6.45) is 2.37. The molecular formula is C7H10N4O. The highest BCUT2D eigenvalue weighted by Crippen LogP contribution is 2.15. The largest absolute Gasteiger partial charge is 0.383 e. The molecule has 0 fully saturated rings. The molecule has 0 spiro atoms. The fourth-order valence-electron chi connectivity index (χ4n) is 0.926. The summed E-state index contributed by atoms with van der Waals surface area (Å²) >= 11 is 0. The summed E-state index contributed by atoms with van der Waals surface area (Å²) in [4.78, 5) is 17.9. The minimum atomic E-state index is 0.239. The summed E-state index contributed by atoms with van der Waals surface area (Å²) in [5, 5.41) is 2.83. The van der Waals surface area contributed by atoms with Crippen molar-refractivity contribution < 1.29 is 4.79 Å². The molecule has 12 heavy (non-hydrogen) atoms. The van der Waals surface area contributed by atoms with Crippen LogP contribution in [0.5, 0.6) is 0 Å². The number of nitrogens with one attached hydrogen (secondary N) is 1. The maximum atomic E-state index is 10.3. The second-order valence-electron chi connectivity index (χ2n) is 2.21. The van der Waals surface area contributed by atoms with Crippen LogP contribution in [-0.2, 0) is 11.2 Å². The van der Waals surface area contributed by atoms with Crippen LogP contribution in [-0.4, -0.2) is 23.3 Å². The standard InChI is InChI=1S/C7H10N4O/c1-9-7-5(2-3-12)6(8)10-4-11-7/h3-4H,2H2,1H3,(H3,8,9,10,11).